The molecule has 1 amide bonds. The molecule has 0 bridgehead atoms. The van der Waals surface area contributed by atoms with Crippen LogP contribution in [0.3, 0.4) is 0 Å². The molecular weight excluding hydrogens is 418 g/mol. The van der Waals surface area contributed by atoms with Gasteiger partial charge in [0.25, 0.3) is 11.6 Å². The number of nitro groups is 1. The van der Waals surface area contributed by atoms with Crippen LogP contribution in [0.4, 0.5) is 5.69 Å². The van der Waals surface area contributed by atoms with Crippen molar-refractivity contribution in [1.82, 2.24) is 20.4 Å². The van der Waals surface area contributed by atoms with E-state index < -0.39 is 4.92 Å². The molecule has 4 rings (SSSR count). The molecule has 0 aliphatic carbocycles. The highest BCUT2D eigenvalue weighted by Gasteiger charge is 2.27. The Balaban J connectivity index is 0.00000272. The lowest BCUT2D eigenvalue weighted by molar-refractivity contribution is -0.384. The van der Waals surface area contributed by atoms with Crippen LogP contribution in [0, 0.1) is 10.1 Å². The van der Waals surface area contributed by atoms with E-state index in [1.165, 1.54) is 12.1 Å². The highest BCUT2D eigenvalue weighted by molar-refractivity contribution is 5.95. The lowest BCUT2D eigenvalue weighted by Crippen LogP contribution is -2.30. The summed E-state index contributed by atoms with van der Waals surface area (Å²) in [6, 6.07) is 16.0. The maximum absolute atomic E-state index is 13.0. The minimum absolute atomic E-state index is 0. The number of amides is 1. The van der Waals surface area contributed by atoms with Crippen LogP contribution in [0.25, 0.3) is 5.69 Å². The maximum atomic E-state index is 13.0. The summed E-state index contributed by atoms with van der Waals surface area (Å²) in [5.74, 6) is 0.0157. The van der Waals surface area contributed by atoms with Crippen LogP contribution in [-0.2, 0) is 6.54 Å². The molecule has 162 valence electrons. The van der Waals surface area contributed by atoms with Gasteiger partial charge in [0.15, 0.2) is 0 Å². The fourth-order valence-corrected chi connectivity index (χ4v) is 3.82. The molecule has 1 aliphatic heterocycles. The number of halogens is 1. The molecule has 0 spiro atoms. The third-order valence-electron chi connectivity index (χ3n) is 5.38. The second-order valence-corrected chi connectivity index (χ2v) is 7.32. The van der Waals surface area contributed by atoms with E-state index in [-0.39, 0.29) is 29.9 Å². The van der Waals surface area contributed by atoms with Crippen LogP contribution < -0.4 is 10.6 Å². The molecule has 1 aliphatic rings. The summed E-state index contributed by atoms with van der Waals surface area (Å²) in [4.78, 5) is 23.5. The smallest absolute Gasteiger partial charge is 0.269 e. The first-order valence-corrected chi connectivity index (χ1v) is 9.99. The number of nitrogens with zero attached hydrogens (tertiary/aromatic N) is 3. The number of nitro benzene ring substituents is 1. The van der Waals surface area contributed by atoms with Gasteiger partial charge in [-0.05, 0) is 43.6 Å². The Hall–Kier alpha value is -3.23. The van der Waals surface area contributed by atoms with Gasteiger partial charge in [-0.3, -0.25) is 14.9 Å². The van der Waals surface area contributed by atoms with Gasteiger partial charge in [0.2, 0.25) is 0 Å². The summed E-state index contributed by atoms with van der Waals surface area (Å²) in [6.45, 7) is 2.19. The second kappa shape index (κ2) is 10.2. The van der Waals surface area contributed by atoms with Crippen molar-refractivity contribution in [3.8, 4) is 5.69 Å². The molecule has 31 heavy (non-hydrogen) atoms. The van der Waals surface area contributed by atoms with Crippen LogP contribution in [0.15, 0.2) is 60.8 Å². The number of piperidine rings is 1. The molecule has 1 saturated heterocycles. The Morgan fingerprint density at radius 3 is 2.45 bits per heavy atom. The largest absolute Gasteiger partial charge is 0.348 e. The van der Waals surface area contributed by atoms with Gasteiger partial charge in [0.05, 0.1) is 28.1 Å². The van der Waals surface area contributed by atoms with Crippen molar-refractivity contribution in [2.24, 2.45) is 0 Å². The summed E-state index contributed by atoms with van der Waals surface area (Å²) in [5, 5.41) is 21.8. The van der Waals surface area contributed by atoms with E-state index in [0.717, 1.165) is 37.2 Å². The summed E-state index contributed by atoms with van der Waals surface area (Å²) < 4.78 is 1.75. The molecule has 2 N–H and O–H groups in total. The number of hydrogen-bond acceptors (Lipinski definition) is 5. The first kappa shape index (κ1) is 22.5. The highest BCUT2D eigenvalue weighted by Crippen LogP contribution is 2.30. The van der Waals surface area contributed by atoms with Gasteiger partial charge in [0.1, 0.15) is 0 Å². The Labute approximate surface area is 186 Å². The van der Waals surface area contributed by atoms with E-state index >= 15 is 0 Å². The van der Waals surface area contributed by atoms with Gasteiger partial charge in [-0.2, -0.15) is 5.10 Å². The van der Waals surface area contributed by atoms with Crippen LogP contribution in [0.1, 0.15) is 40.4 Å². The molecule has 0 atom stereocenters. The normalized spacial score (nSPS) is 13.9. The van der Waals surface area contributed by atoms with E-state index in [1.807, 2.05) is 30.3 Å². The molecule has 8 nitrogen and oxygen atoms in total. The van der Waals surface area contributed by atoms with Crippen molar-refractivity contribution < 1.29 is 9.72 Å². The van der Waals surface area contributed by atoms with Crippen molar-refractivity contribution in [2.75, 3.05) is 13.1 Å². The van der Waals surface area contributed by atoms with Crippen LogP contribution in [0.5, 0.6) is 0 Å². The van der Waals surface area contributed by atoms with Crippen molar-refractivity contribution in [3.63, 3.8) is 0 Å². The van der Waals surface area contributed by atoms with E-state index in [2.05, 4.69) is 15.7 Å². The fraction of sp³-hybridized carbons (Fsp3) is 0.273. The van der Waals surface area contributed by atoms with Crippen molar-refractivity contribution in [3.05, 3.63) is 87.7 Å². The van der Waals surface area contributed by atoms with Crippen molar-refractivity contribution >= 4 is 24.0 Å². The van der Waals surface area contributed by atoms with Gasteiger partial charge >= 0.3 is 0 Å². The quantitative estimate of drug-likeness (QED) is 0.449. The number of carbonyl (C=O) groups excluding carboxylic acids is 1. The van der Waals surface area contributed by atoms with Crippen LogP contribution in [-0.4, -0.2) is 33.7 Å². The van der Waals surface area contributed by atoms with Gasteiger partial charge in [-0.25, -0.2) is 4.68 Å². The molecule has 0 radical (unpaired) electrons. The number of aromatic nitrogens is 2. The monoisotopic (exact) mass is 441 g/mol. The summed E-state index contributed by atoms with van der Waals surface area (Å²) in [5.41, 5.74) is 3.16. The van der Waals surface area contributed by atoms with E-state index in [1.54, 1.807) is 23.0 Å². The fourth-order valence-electron chi connectivity index (χ4n) is 3.82. The Morgan fingerprint density at radius 1 is 1.13 bits per heavy atom. The van der Waals surface area contributed by atoms with Gasteiger partial charge in [-0.1, -0.05) is 30.3 Å². The van der Waals surface area contributed by atoms with Crippen LogP contribution >= 0.6 is 12.4 Å². The molecule has 1 fully saturated rings. The van der Waals surface area contributed by atoms with Crippen molar-refractivity contribution in [1.29, 1.82) is 0 Å². The first-order valence-electron chi connectivity index (χ1n) is 9.99. The Kier molecular flexibility index (Phi) is 7.38. The third-order valence-corrected chi connectivity index (χ3v) is 5.38. The van der Waals surface area contributed by atoms with Crippen LogP contribution in [0.2, 0.25) is 0 Å². The lowest BCUT2D eigenvalue weighted by Gasteiger charge is -2.24. The first-order chi connectivity index (χ1) is 14.6. The Morgan fingerprint density at radius 2 is 1.81 bits per heavy atom. The van der Waals surface area contributed by atoms with Gasteiger partial charge < -0.3 is 10.6 Å². The zero-order valence-electron chi connectivity index (χ0n) is 16.9. The average Bonchev–Trinajstić information content (AvgIpc) is 3.24. The number of benzene rings is 2. The number of nitrogens with one attached hydrogen (secondary N) is 2. The second-order valence-electron chi connectivity index (χ2n) is 7.32. The van der Waals surface area contributed by atoms with E-state index in [9.17, 15) is 14.9 Å². The topological polar surface area (TPSA) is 102 Å². The minimum atomic E-state index is -0.428. The number of non-ortho nitro benzene ring substituents is 1. The molecule has 0 saturated carbocycles. The summed E-state index contributed by atoms with van der Waals surface area (Å²) in [7, 11) is 0. The predicted octanol–water partition coefficient (Wildman–Crippen LogP) is 3.60. The zero-order chi connectivity index (χ0) is 20.9. The minimum Gasteiger partial charge on any atom is -0.348 e. The zero-order valence-corrected chi connectivity index (χ0v) is 17.7. The maximum Gasteiger partial charge on any atom is 0.269 e. The van der Waals surface area contributed by atoms with Gasteiger partial charge in [0, 0.05) is 24.6 Å². The number of carbonyl (C=O) groups is 1. The molecule has 1 aromatic heterocycles. The molecule has 0 unspecified atom stereocenters. The average molecular weight is 442 g/mol. The lowest BCUT2D eigenvalue weighted by atomic mass is 9.91. The number of hydrogen-bond donors (Lipinski definition) is 2. The highest BCUT2D eigenvalue weighted by atomic mass is 35.5. The molecule has 9 heteroatoms. The predicted molar refractivity (Wildman–Crippen MR) is 120 cm³/mol. The number of rotatable bonds is 6. The molecular formula is C22H24ClN5O3. The summed E-state index contributed by atoms with van der Waals surface area (Å²) in [6.07, 6.45) is 3.40. The van der Waals surface area contributed by atoms with E-state index in [4.69, 9.17) is 0 Å². The van der Waals surface area contributed by atoms with E-state index in [0.29, 0.717) is 17.8 Å². The molecule has 2 heterocycles. The molecule has 2 aromatic carbocycles. The SMILES string of the molecule is Cl.O=C(NCc1ccccc1)c1cnn(-c2ccc([N+](=O)[O-])cc2)c1C1CCNCC1. The van der Waals surface area contributed by atoms with Gasteiger partial charge in [-0.15, -0.1) is 12.4 Å². The summed E-state index contributed by atoms with van der Waals surface area (Å²) >= 11 is 0. The molecule has 3 aromatic rings. The Bertz CT molecular complexity index is 1030. The van der Waals surface area contributed by atoms with Crippen molar-refractivity contribution in [2.45, 2.75) is 25.3 Å². The standard InChI is InChI=1S/C22H23N5O3.ClH/c28-22(24-14-16-4-2-1-3-5-16)20-15-25-26(21(20)17-10-12-23-13-11-17)18-6-8-19(9-7-18)27(29)30;/h1-9,15,17,23H,10-14H2,(H,24,28);1H. The third kappa shape index (κ3) is 5.10.